The maximum Gasteiger partial charge on any atom is 0.259 e. The van der Waals surface area contributed by atoms with E-state index in [1.807, 2.05) is 56.3 Å². The highest BCUT2D eigenvalue weighted by molar-refractivity contribution is 5.94. The fourth-order valence-corrected chi connectivity index (χ4v) is 2.76. The van der Waals surface area contributed by atoms with Crippen LogP contribution in [-0.2, 0) is 4.79 Å². The molecule has 4 heteroatoms. The number of nitrogens with zero attached hydrogens (tertiary/aromatic N) is 1. The van der Waals surface area contributed by atoms with Crippen molar-refractivity contribution in [3.8, 4) is 0 Å². The lowest BCUT2D eigenvalue weighted by Gasteiger charge is -2.17. The molecule has 0 saturated carbocycles. The maximum absolute atomic E-state index is 12.6. The number of benzene rings is 2. The van der Waals surface area contributed by atoms with Gasteiger partial charge in [0.15, 0.2) is 0 Å². The molecule has 0 saturated heterocycles. The summed E-state index contributed by atoms with van der Waals surface area (Å²) in [5.74, 6) is -0.207. The van der Waals surface area contributed by atoms with Crippen LogP contribution in [0, 0.1) is 13.8 Å². The number of aryl methyl sites for hydroxylation is 1. The van der Waals surface area contributed by atoms with Crippen molar-refractivity contribution in [1.29, 1.82) is 0 Å². The second-order valence-electron chi connectivity index (χ2n) is 6.03. The summed E-state index contributed by atoms with van der Waals surface area (Å²) in [6.45, 7) is 5.71. The Hall–Kier alpha value is -2.88. The molecule has 3 rings (SSSR count). The Morgan fingerprint density at radius 2 is 1.79 bits per heavy atom. The van der Waals surface area contributed by atoms with Crippen LogP contribution in [-0.4, -0.2) is 10.5 Å². The first-order chi connectivity index (χ1) is 11.5. The molecule has 0 fully saturated rings. The van der Waals surface area contributed by atoms with Gasteiger partial charge >= 0.3 is 0 Å². The minimum absolute atomic E-state index is 0.156. The lowest BCUT2D eigenvalue weighted by molar-refractivity contribution is -0.118. The van der Waals surface area contributed by atoms with Gasteiger partial charge in [-0.15, -0.1) is 0 Å². The number of rotatable bonds is 3. The van der Waals surface area contributed by atoms with Crippen molar-refractivity contribution in [2.24, 2.45) is 0 Å². The average molecular weight is 320 g/mol. The van der Waals surface area contributed by atoms with Crippen LogP contribution in [0.15, 0.2) is 59.5 Å². The van der Waals surface area contributed by atoms with Gasteiger partial charge in [0.25, 0.3) is 5.56 Å². The SMILES string of the molecule is Cc1cccc(NC(=O)C(C)n2ccc3ccccc3c2=O)c1C. The van der Waals surface area contributed by atoms with Crippen molar-refractivity contribution in [2.45, 2.75) is 26.8 Å². The smallest absolute Gasteiger partial charge is 0.259 e. The van der Waals surface area contributed by atoms with Crippen LogP contribution in [0.25, 0.3) is 10.8 Å². The van der Waals surface area contributed by atoms with E-state index in [1.165, 1.54) is 4.57 Å². The number of fused-ring (bicyclic) bond motifs is 1. The molecule has 122 valence electrons. The summed E-state index contributed by atoms with van der Waals surface area (Å²) in [5.41, 5.74) is 2.77. The Labute approximate surface area is 140 Å². The summed E-state index contributed by atoms with van der Waals surface area (Å²) >= 11 is 0. The zero-order valence-electron chi connectivity index (χ0n) is 14.0. The van der Waals surface area contributed by atoms with E-state index >= 15 is 0 Å². The molecule has 2 aromatic carbocycles. The van der Waals surface area contributed by atoms with E-state index in [1.54, 1.807) is 19.2 Å². The summed E-state index contributed by atoms with van der Waals surface area (Å²) in [7, 11) is 0. The Kier molecular flexibility index (Phi) is 4.21. The lowest BCUT2D eigenvalue weighted by atomic mass is 10.1. The molecule has 1 aromatic heterocycles. The summed E-state index contributed by atoms with van der Waals surface area (Å²) in [6, 6.07) is 14.4. The van der Waals surface area contributed by atoms with Crippen LogP contribution < -0.4 is 10.9 Å². The normalized spacial score (nSPS) is 12.1. The van der Waals surface area contributed by atoms with Gasteiger partial charge in [-0.25, -0.2) is 0 Å². The predicted octanol–water partition coefficient (Wildman–Crippen LogP) is 3.82. The van der Waals surface area contributed by atoms with Gasteiger partial charge in [0.2, 0.25) is 5.91 Å². The van der Waals surface area contributed by atoms with Crippen molar-refractivity contribution < 1.29 is 4.79 Å². The molecular weight excluding hydrogens is 300 g/mol. The number of carbonyl (C=O) groups is 1. The van der Waals surface area contributed by atoms with Gasteiger partial charge in [0.05, 0.1) is 0 Å². The van der Waals surface area contributed by atoms with Gasteiger partial charge in [0.1, 0.15) is 6.04 Å². The molecule has 0 spiro atoms. The third-order valence-electron chi connectivity index (χ3n) is 4.50. The Balaban J connectivity index is 1.93. The van der Waals surface area contributed by atoms with Gasteiger partial charge in [-0.05, 0) is 55.5 Å². The maximum atomic E-state index is 12.6. The first kappa shape index (κ1) is 16.0. The van der Waals surface area contributed by atoms with Crippen LogP contribution in [0.3, 0.4) is 0 Å². The molecule has 1 heterocycles. The number of carbonyl (C=O) groups excluding carboxylic acids is 1. The van der Waals surface area contributed by atoms with Crippen LogP contribution in [0.4, 0.5) is 5.69 Å². The Bertz CT molecular complexity index is 973. The monoisotopic (exact) mass is 320 g/mol. The first-order valence-corrected chi connectivity index (χ1v) is 7.96. The highest BCUT2D eigenvalue weighted by Gasteiger charge is 2.18. The van der Waals surface area contributed by atoms with Gasteiger partial charge in [-0.2, -0.15) is 0 Å². The number of aromatic nitrogens is 1. The lowest BCUT2D eigenvalue weighted by Crippen LogP contribution is -2.31. The molecule has 0 aliphatic rings. The second kappa shape index (κ2) is 6.32. The standard InChI is InChI=1S/C20H20N2O2/c1-13-7-6-10-18(14(13)2)21-19(23)15(3)22-12-11-16-8-4-5-9-17(16)20(22)24/h4-12,15H,1-3H3,(H,21,23). The molecule has 1 atom stereocenters. The van der Waals surface area contributed by atoms with E-state index in [2.05, 4.69) is 5.32 Å². The number of pyridine rings is 1. The van der Waals surface area contributed by atoms with Crippen molar-refractivity contribution >= 4 is 22.4 Å². The molecule has 0 aliphatic heterocycles. The van der Waals surface area contributed by atoms with Gasteiger partial charge in [0, 0.05) is 17.3 Å². The Morgan fingerprint density at radius 3 is 2.58 bits per heavy atom. The summed E-state index contributed by atoms with van der Waals surface area (Å²) in [6.07, 6.45) is 1.68. The average Bonchev–Trinajstić information content (AvgIpc) is 2.59. The number of anilines is 1. The van der Waals surface area contributed by atoms with E-state index in [9.17, 15) is 9.59 Å². The fraction of sp³-hybridized carbons (Fsp3) is 0.200. The zero-order valence-corrected chi connectivity index (χ0v) is 14.0. The quantitative estimate of drug-likeness (QED) is 0.797. The molecule has 1 N–H and O–H groups in total. The molecule has 0 aliphatic carbocycles. The number of hydrogen-bond donors (Lipinski definition) is 1. The molecule has 4 nitrogen and oxygen atoms in total. The molecular formula is C20H20N2O2. The summed E-state index contributed by atoms with van der Waals surface area (Å²) < 4.78 is 1.47. The predicted molar refractivity (Wildman–Crippen MR) is 97.5 cm³/mol. The topological polar surface area (TPSA) is 51.1 Å². The number of nitrogens with one attached hydrogen (secondary N) is 1. The minimum Gasteiger partial charge on any atom is -0.324 e. The Morgan fingerprint density at radius 1 is 1.04 bits per heavy atom. The number of hydrogen-bond acceptors (Lipinski definition) is 2. The van der Waals surface area contributed by atoms with Gasteiger partial charge in [-0.1, -0.05) is 30.3 Å². The van der Waals surface area contributed by atoms with Crippen molar-refractivity contribution in [3.05, 3.63) is 76.2 Å². The van der Waals surface area contributed by atoms with E-state index < -0.39 is 6.04 Å². The van der Waals surface area contributed by atoms with Gasteiger partial charge < -0.3 is 9.88 Å². The van der Waals surface area contributed by atoms with Crippen LogP contribution in [0.2, 0.25) is 0 Å². The van der Waals surface area contributed by atoms with Crippen LogP contribution >= 0.6 is 0 Å². The molecule has 24 heavy (non-hydrogen) atoms. The molecule has 3 aromatic rings. The van der Waals surface area contributed by atoms with Crippen molar-refractivity contribution in [3.63, 3.8) is 0 Å². The molecule has 1 unspecified atom stereocenters. The van der Waals surface area contributed by atoms with E-state index in [-0.39, 0.29) is 11.5 Å². The van der Waals surface area contributed by atoms with E-state index in [0.29, 0.717) is 5.39 Å². The summed E-state index contributed by atoms with van der Waals surface area (Å²) in [5, 5.41) is 4.42. The highest BCUT2D eigenvalue weighted by Crippen LogP contribution is 2.19. The van der Waals surface area contributed by atoms with E-state index in [0.717, 1.165) is 22.2 Å². The molecule has 1 amide bonds. The molecule has 0 radical (unpaired) electrons. The van der Waals surface area contributed by atoms with Crippen LogP contribution in [0.5, 0.6) is 0 Å². The second-order valence-corrected chi connectivity index (χ2v) is 6.03. The van der Waals surface area contributed by atoms with E-state index in [4.69, 9.17) is 0 Å². The van der Waals surface area contributed by atoms with Crippen molar-refractivity contribution in [2.75, 3.05) is 5.32 Å². The van der Waals surface area contributed by atoms with Gasteiger partial charge in [-0.3, -0.25) is 9.59 Å². The largest absolute Gasteiger partial charge is 0.324 e. The summed E-state index contributed by atoms with van der Waals surface area (Å²) in [4.78, 5) is 25.2. The first-order valence-electron chi connectivity index (χ1n) is 7.96. The van der Waals surface area contributed by atoms with Crippen LogP contribution in [0.1, 0.15) is 24.1 Å². The fourth-order valence-electron chi connectivity index (χ4n) is 2.76. The number of amides is 1. The van der Waals surface area contributed by atoms with Crippen molar-refractivity contribution in [1.82, 2.24) is 4.57 Å². The minimum atomic E-state index is -0.595. The third kappa shape index (κ3) is 2.83. The molecule has 0 bridgehead atoms. The zero-order chi connectivity index (χ0) is 17.3. The highest BCUT2D eigenvalue weighted by atomic mass is 16.2. The third-order valence-corrected chi connectivity index (χ3v) is 4.50.